The number of rotatable bonds is 3. The van der Waals surface area contributed by atoms with E-state index in [1.807, 2.05) is 0 Å². The standard InChI is InChI=1S/C15H18FN3O3S/c1-23(21,22)19-6-4-18(5-7-19)10-12-9-15(20)13-8-11(16)2-3-14(13)17-12/h2-3,8-9H,4-7,10H2,1H3,(H,17,20). The summed E-state index contributed by atoms with van der Waals surface area (Å²) < 4.78 is 37.7. The number of hydrogen-bond donors (Lipinski definition) is 1. The highest BCUT2D eigenvalue weighted by Gasteiger charge is 2.23. The number of hydrogen-bond acceptors (Lipinski definition) is 4. The van der Waals surface area contributed by atoms with Crippen LogP contribution in [-0.4, -0.2) is 55.0 Å². The number of fused-ring (bicyclic) bond motifs is 1. The fourth-order valence-electron chi connectivity index (χ4n) is 2.82. The van der Waals surface area contributed by atoms with Crippen LogP contribution in [0.2, 0.25) is 0 Å². The molecule has 1 fully saturated rings. The second-order valence-electron chi connectivity index (χ2n) is 5.79. The normalized spacial score (nSPS) is 17.7. The molecule has 0 radical (unpaired) electrons. The van der Waals surface area contributed by atoms with Crippen LogP contribution in [0.3, 0.4) is 0 Å². The molecule has 2 aromatic rings. The number of halogens is 1. The fraction of sp³-hybridized carbons (Fsp3) is 0.400. The number of pyridine rings is 1. The summed E-state index contributed by atoms with van der Waals surface area (Å²) in [5.74, 6) is -0.437. The van der Waals surface area contributed by atoms with E-state index in [1.54, 1.807) is 6.07 Å². The lowest BCUT2D eigenvalue weighted by Gasteiger charge is -2.33. The number of aromatic nitrogens is 1. The summed E-state index contributed by atoms with van der Waals surface area (Å²) >= 11 is 0. The van der Waals surface area contributed by atoms with Crippen molar-refractivity contribution in [1.82, 2.24) is 14.2 Å². The van der Waals surface area contributed by atoms with Gasteiger partial charge in [-0.25, -0.2) is 12.8 Å². The first-order chi connectivity index (χ1) is 10.8. The van der Waals surface area contributed by atoms with Crippen LogP contribution in [0.25, 0.3) is 10.9 Å². The van der Waals surface area contributed by atoms with E-state index in [4.69, 9.17) is 0 Å². The van der Waals surface area contributed by atoms with E-state index >= 15 is 0 Å². The number of aromatic amines is 1. The summed E-state index contributed by atoms with van der Waals surface area (Å²) in [4.78, 5) is 17.3. The van der Waals surface area contributed by atoms with Gasteiger partial charge in [0.05, 0.1) is 6.26 Å². The Morgan fingerprint density at radius 3 is 2.52 bits per heavy atom. The van der Waals surface area contributed by atoms with Crippen molar-refractivity contribution in [3.8, 4) is 0 Å². The lowest BCUT2D eigenvalue weighted by Crippen LogP contribution is -2.47. The first-order valence-electron chi connectivity index (χ1n) is 7.32. The van der Waals surface area contributed by atoms with E-state index in [0.717, 1.165) is 5.69 Å². The molecule has 0 spiro atoms. The van der Waals surface area contributed by atoms with E-state index in [0.29, 0.717) is 43.6 Å². The molecule has 0 amide bonds. The van der Waals surface area contributed by atoms with Crippen LogP contribution in [0.4, 0.5) is 4.39 Å². The third-order valence-electron chi connectivity index (χ3n) is 4.04. The quantitative estimate of drug-likeness (QED) is 0.895. The highest BCUT2D eigenvalue weighted by molar-refractivity contribution is 7.88. The average Bonchev–Trinajstić information content (AvgIpc) is 2.48. The summed E-state index contributed by atoms with van der Waals surface area (Å²) in [6.45, 7) is 2.64. The van der Waals surface area contributed by atoms with Gasteiger partial charge < -0.3 is 4.98 Å². The molecular weight excluding hydrogens is 321 g/mol. The Morgan fingerprint density at radius 2 is 1.87 bits per heavy atom. The molecule has 1 aromatic carbocycles. The predicted molar refractivity (Wildman–Crippen MR) is 86.2 cm³/mol. The number of nitrogens with zero attached hydrogens (tertiary/aromatic N) is 2. The van der Waals surface area contributed by atoms with Crippen LogP contribution in [-0.2, 0) is 16.6 Å². The first-order valence-corrected chi connectivity index (χ1v) is 9.17. The molecule has 1 N–H and O–H groups in total. The molecule has 1 aromatic heterocycles. The van der Waals surface area contributed by atoms with Crippen LogP contribution in [0.15, 0.2) is 29.1 Å². The van der Waals surface area contributed by atoms with Crippen LogP contribution < -0.4 is 5.43 Å². The molecule has 0 aliphatic carbocycles. The molecule has 6 nitrogen and oxygen atoms in total. The van der Waals surface area contributed by atoms with E-state index in [9.17, 15) is 17.6 Å². The largest absolute Gasteiger partial charge is 0.357 e. The third kappa shape index (κ3) is 3.60. The number of benzene rings is 1. The van der Waals surface area contributed by atoms with Crippen LogP contribution in [0.1, 0.15) is 5.69 Å². The smallest absolute Gasteiger partial charge is 0.211 e. The van der Waals surface area contributed by atoms with Gasteiger partial charge in [-0.15, -0.1) is 0 Å². The Hall–Kier alpha value is -1.77. The monoisotopic (exact) mass is 339 g/mol. The summed E-state index contributed by atoms with van der Waals surface area (Å²) in [5, 5.41) is 0.329. The molecule has 2 heterocycles. The summed E-state index contributed by atoms with van der Waals surface area (Å²) in [6.07, 6.45) is 1.21. The summed E-state index contributed by atoms with van der Waals surface area (Å²) in [6, 6.07) is 5.57. The van der Waals surface area contributed by atoms with Crippen molar-refractivity contribution in [3.63, 3.8) is 0 Å². The zero-order valence-electron chi connectivity index (χ0n) is 12.8. The van der Waals surface area contributed by atoms with Crippen LogP contribution in [0.5, 0.6) is 0 Å². The SMILES string of the molecule is CS(=O)(=O)N1CCN(Cc2cc(=O)c3cc(F)ccc3[nH]2)CC1. The van der Waals surface area contributed by atoms with Crippen molar-refractivity contribution in [2.75, 3.05) is 32.4 Å². The fourth-order valence-corrected chi connectivity index (χ4v) is 3.65. The van der Waals surface area contributed by atoms with Gasteiger partial charge in [0.2, 0.25) is 10.0 Å². The molecule has 3 rings (SSSR count). The number of piperazine rings is 1. The molecule has 23 heavy (non-hydrogen) atoms. The Kier molecular flexibility index (Phi) is 4.22. The first kappa shape index (κ1) is 16.1. The molecule has 0 atom stereocenters. The minimum absolute atomic E-state index is 0.219. The second-order valence-corrected chi connectivity index (χ2v) is 7.77. The van der Waals surface area contributed by atoms with Gasteiger partial charge in [-0.2, -0.15) is 4.31 Å². The highest BCUT2D eigenvalue weighted by atomic mass is 32.2. The maximum atomic E-state index is 13.2. The molecule has 8 heteroatoms. The lowest BCUT2D eigenvalue weighted by atomic mass is 10.2. The number of nitrogens with one attached hydrogen (secondary N) is 1. The van der Waals surface area contributed by atoms with Gasteiger partial charge in [0.1, 0.15) is 5.82 Å². The predicted octanol–water partition coefficient (Wildman–Crippen LogP) is 0.744. The molecule has 1 aliphatic heterocycles. The number of H-pyrrole nitrogens is 1. The second kappa shape index (κ2) is 6.03. The Balaban J connectivity index is 1.76. The van der Waals surface area contributed by atoms with E-state index in [1.165, 1.54) is 28.8 Å². The van der Waals surface area contributed by atoms with Gasteiger partial charge in [0, 0.05) is 55.4 Å². The lowest BCUT2D eigenvalue weighted by molar-refractivity contribution is 0.180. The van der Waals surface area contributed by atoms with Crippen molar-refractivity contribution in [1.29, 1.82) is 0 Å². The molecular formula is C15H18FN3O3S. The Bertz CT molecular complexity index is 886. The third-order valence-corrected chi connectivity index (χ3v) is 5.35. The summed E-state index contributed by atoms with van der Waals surface area (Å²) in [7, 11) is -3.15. The molecule has 1 aliphatic rings. The molecule has 0 unspecified atom stereocenters. The van der Waals surface area contributed by atoms with Crippen LogP contribution in [0, 0.1) is 5.82 Å². The topological polar surface area (TPSA) is 73.5 Å². The number of sulfonamides is 1. The minimum Gasteiger partial charge on any atom is -0.357 e. The molecule has 0 saturated carbocycles. The van der Waals surface area contributed by atoms with Gasteiger partial charge in [-0.3, -0.25) is 9.69 Å². The van der Waals surface area contributed by atoms with Crippen molar-refractivity contribution in [3.05, 3.63) is 46.0 Å². The van der Waals surface area contributed by atoms with Crippen molar-refractivity contribution in [2.24, 2.45) is 0 Å². The summed E-state index contributed by atoms with van der Waals surface area (Å²) in [5.41, 5.74) is 1.12. The van der Waals surface area contributed by atoms with E-state index < -0.39 is 15.8 Å². The molecule has 1 saturated heterocycles. The average molecular weight is 339 g/mol. The maximum absolute atomic E-state index is 13.2. The molecule has 0 bridgehead atoms. The zero-order chi connectivity index (χ0) is 16.6. The van der Waals surface area contributed by atoms with Crippen molar-refractivity contribution in [2.45, 2.75) is 6.54 Å². The Morgan fingerprint density at radius 1 is 1.17 bits per heavy atom. The zero-order valence-corrected chi connectivity index (χ0v) is 13.6. The van der Waals surface area contributed by atoms with Gasteiger partial charge >= 0.3 is 0 Å². The van der Waals surface area contributed by atoms with Gasteiger partial charge in [-0.1, -0.05) is 0 Å². The van der Waals surface area contributed by atoms with Gasteiger partial charge in [0.25, 0.3) is 0 Å². The Labute approximate surface area is 133 Å². The van der Waals surface area contributed by atoms with Crippen molar-refractivity contribution >= 4 is 20.9 Å². The molecule has 124 valence electrons. The van der Waals surface area contributed by atoms with E-state index in [-0.39, 0.29) is 5.43 Å². The van der Waals surface area contributed by atoms with Crippen LogP contribution >= 0.6 is 0 Å². The van der Waals surface area contributed by atoms with Crippen molar-refractivity contribution < 1.29 is 12.8 Å². The van der Waals surface area contributed by atoms with Gasteiger partial charge in [0.15, 0.2) is 5.43 Å². The van der Waals surface area contributed by atoms with E-state index in [2.05, 4.69) is 9.88 Å². The maximum Gasteiger partial charge on any atom is 0.211 e. The van der Waals surface area contributed by atoms with Gasteiger partial charge in [-0.05, 0) is 18.2 Å². The highest BCUT2D eigenvalue weighted by Crippen LogP contribution is 2.13. The minimum atomic E-state index is -3.15.